The molecule has 2 rings (SSSR count). The van der Waals surface area contributed by atoms with E-state index >= 15 is 0 Å². The standard InChI is InChI=1S/C13H19NO6/c1-13(2)8(9(13)11(16)17)10(15)14-4-5-20-7(6-14)12(18)19-3/h7-9H,4-6H2,1-3H3,(H,16,17)/t7?,8-,9+/m1/s1. The predicted octanol–water partition coefficient (Wildman–Crippen LogP) is -0.256. The lowest BCUT2D eigenvalue weighted by Gasteiger charge is -2.32. The van der Waals surface area contributed by atoms with Crippen molar-refractivity contribution in [1.82, 2.24) is 4.90 Å². The van der Waals surface area contributed by atoms with Gasteiger partial charge in [-0.1, -0.05) is 13.8 Å². The van der Waals surface area contributed by atoms with Crippen LogP contribution in [0.3, 0.4) is 0 Å². The molecule has 1 amide bonds. The van der Waals surface area contributed by atoms with Crippen molar-refractivity contribution in [3.05, 3.63) is 0 Å². The van der Waals surface area contributed by atoms with Crippen molar-refractivity contribution < 1.29 is 29.0 Å². The van der Waals surface area contributed by atoms with E-state index in [4.69, 9.17) is 9.84 Å². The van der Waals surface area contributed by atoms with Gasteiger partial charge < -0.3 is 19.5 Å². The van der Waals surface area contributed by atoms with Crippen LogP contribution in [0, 0.1) is 17.3 Å². The van der Waals surface area contributed by atoms with Crippen molar-refractivity contribution >= 4 is 17.8 Å². The summed E-state index contributed by atoms with van der Waals surface area (Å²) in [4.78, 5) is 36.5. The summed E-state index contributed by atoms with van der Waals surface area (Å²) in [6, 6.07) is 0. The number of morpholine rings is 1. The number of carbonyl (C=O) groups excluding carboxylic acids is 2. The Labute approximate surface area is 116 Å². The maximum absolute atomic E-state index is 12.4. The van der Waals surface area contributed by atoms with E-state index in [1.807, 2.05) is 0 Å². The second kappa shape index (κ2) is 5.05. The van der Waals surface area contributed by atoms with E-state index in [0.29, 0.717) is 6.54 Å². The molecule has 0 radical (unpaired) electrons. The van der Waals surface area contributed by atoms with E-state index < -0.39 is 35.3 Å². The number of hydrogen-bond donors (Lipinski definition) is 1. The molecule has 0 aromatic rings. The number of rotatable bonds is 3. The maximum Gasteiger partial charge on any atom is 0.336 e. The topological polar surface area (TPSA) is 93.1 Å². The van der Waals surface area contributed by atoms with Crippen LogP contribution in [-0.4, -0.2) is 60.8 Å². The first kappa shape index (κ1) is 14.8. The van der Waals surface area contributed by atoms with Crippen LogP contribution in [0.25, 0.3) is 0 Å². The normalized spacial score (nSPS) is 31.6. The molecule has 7 nitrogen and oxygen atoms in total. The van der Waals surface area contributed by atoms with Gasteiger partial charge in [0.25, 0.3) is 0 Å². The molecule has 2 aliphatic rings. The molecule has 0 aromatic heterocycles. The third-order valence-corrected chi connectivity index (χ3v) is 4.20. The van der Waals surface area contributed by atoms with E-state index in [1.54, 1.807) is 13.8 Å². The highest BCUT2D eigenvalue weighted by atomic mass is 16.6. The van der Waals surface area contributed by atoms with Crippen molar-refractivity contribution in [2.45, 2.75) is 20.0 Å². The van der Waals surface area contributed by atoms with Crippen LogP contribution >= 0.6 is 0 Å². The minimum Gasteiger partial charge on any atom is -0.481 e. The first-order valence-corrected chi connectivity index (χ1v) is 6.51. The van der Waals surface area contributed by atoms with Gasteiger partial charge in [-0.15, -0.1) is 0 Å². The fraction of sp³-hybridized carbons (Fsp3) is 0.769. The maximum atomic E-state index is 12.4. The molecule has 1 heterocycles. The molecule has 1 N–H and O–H groups in total. The second-order valence-electron chi connectivity index (χ2n) is 5.78. The monoisotopic (exact) mass is 285 g/mol. The molecular formula is C13H19NO6. The Morgan fingerprint density at radius 3 is 2.45 bits per heavy atom. The summed E-state index contributed by atoms with van der Waals surface area (Å²) in [6.45, 7) is 4.27. The summed E-state index contributed by atoms with van der Waals surface area (Å²) >= 11 is 0. The molecule has 0 aromatic carbocycles. The van der Waals surface area contributed by atoms with E-state index in [9.17, 15) is 14.4 Å². The van der Waals surface area contributed by atoms with E-state index in [2.05, 4.69) is 4.74 Å². The molecule has 1 aliphatic carbocycles. The van der Waals surface area contributed by atoms with Crippen molar-refractivity contribution in [3.8, 4) is 0 Å². The fourth-order valence-electron chi connectivity index (χ4n) is 2.88. The molecule has 20 heavy (non-hydrogen) atoms. The minimum atomic E-state index is -0.953. The lowest BCUT2D eigenvalue weighted by atomic mass is 10.1. The van der Waals surface area contributed by atoms with E-state index in [0.717, 1.165) is 0 Å². The number of hydrogen-bond acceptors (Lipinski definition) is 5. The van der Waals surface area contributed by atoms with Gasteiger partial charge >= 0.3 is 11.9 Å². The number of carboxylic acid groups (broad SMARTS) is 1. The number of methoxy groups -OCH3 is 1. The third kappa shape index (κ3) is 2.37. The number of carbonyl (C=O) groups is 3. The quantitative estimate of drug-likeness (QED) is 0.718. The van der Waals surface area contributed by atoms with Crippen LogP contribution in [0.2, 0.25) is 0 Å². The zero-order valence-corrected chi connectivity index (χ0v) is 11.8. The Morgan fingerprint density at radius 1 is 1.30 bits per heavy atom. The van der Waals surface area contributed by atoms with Gasteiger partial charge in [-0.25, -0.2) is 4.79 Å². The van der Waals surface area contributed by atoms with E-state index in [1.165, 1.54) is 12.0 Å². The number of aliphatic carboxylic acids is 1. The van der Waals surface area contributed by atoms with Crippen molar-refractivity contribution in [3.63, 3.8) is 0 Å². The van der Waals surface area contributed by atoms with Gasteiger partial charge in [0.1, 0.15) is 0 Å². The second-order valence-corrected chi connectivity index (χ2v) is 5.78. The number of carboxylic acids is 1. The molecule has 0 bridgehead atoms. The summed E-state index contributed by atoms with van der Waals surface area (Å²) in [5.74, 6) is -2.89. The van der Waals surface area contributed by atoms with Crippen molar-refractivity contribution in [2.75, 3.05) is 26.8 Å². The SMILES string of the molecule is COC(=O)C1CN(C(=O)[C@H]2[C@@H](C(=O)O)C2(C)C)CCO1. The Morgan fingerprint density at radius 2 is 1.95 bits per heavy atom. The van der Waals surface area contributed by atoms with Crippen LogP contribution in [0.5, 0.6) is 0 Å². The highest BCUT2D eigenvalue weighted by Crippen LogP contribution is 2.59. The smallest absolute Gasteiger partial charge is 0.336 e. The Bertz CT molecular complexity index is 446. The van der Waals surface area contributed by atoms with Gasteiger partial charge in [0.2, 0.25) is 5.91 Å². The van der Waals surface area contributed by atoms with Crippen molar-refractivity contribution in [2.24, 2.45) is 17.3 Å². The van der Waals surface area contributed by atoms with Gasteiger partial charge in [-0.2, -0.15) is 0 Å². The number of esters is 1. The summed E-state index contributed by atoms with van der Waals surface area (Å²) in [5, 5.41) is 9.12. The van der Waals surface area contributed by atoms with Gasteiger partial charge in [0.05, 0.1) is 32.1 Å². The lowest BCUT2D eigenvalue weighted by Crippen LogP contribution is -2.49. The van der Waals surface area contributed by atoms with Gasteiger partial charge in [-0.05, 0) is 5.41 Å². The highest BCUT2D eigenvalue weighted by molar-refractivity contribution is 5.92. The average Bonchev–Trinajstić information content (AvgIpc) is 3.00. The van der Waals surface area contributed by atoms with Gasteiger partial charge in [0, 0.05) is 6.54 Å². The zero-order valence-electron chi connectivity index (χ0n) is 11.8. The molecule has 2 fully saturated rings. The Hall–Kier alpha value is -1.63. The summed E-state index contributed by atoms with van der Waals surface area (Å²) in [6.07, 6.45) is -0.789. The molecule has 3 atom stereocenters. The fourth-order valence-corrected chi connectivity index (χ4v) is 2.88. The molecule has 7 heteroatoms. The Balaban J connectivity index is 2.03. The third-order valence-electron chi connectivity index (χ3n) is 4.20. The van der Waals surface area contributed by atoms with Crippen LogP contribution in [-0.2, 0) is 23.9 Å². The zero-order chi connectivity index (χ0) is 15.1. The first-order chi connectivity index (χ1) is 9.30. The summed E-state index contributed by atoms with van der Waals surface area (Å²) < 4.78 is 9.85. The predicted molar refractivity (Wildman–Crippen MR) is 66.7 cm³/mol. The molecule has 1 saturated carbocycles. The molecule has 0 spiro atoms. The first-order valence-electron chi connectivity index (χ1n) is 6.51. The van der Waals surface area contributed by atoms with Crippen LogP contribution in [0.1, 0.15) is 13.8 Å². The molecule has 1 saturated heterocycles. The molecule has 112 valence electrons. The molecule has 1 unspecified atom stereocenters. The van der Waals surface area contributed by atoms with Crippen LogP contribution in [0.15, 0.2) is 0 Å². The molecular weight excluding hydrogens is 266 g/mol. The van der Waals surface area contributed by atoms with E-state index in [-0.39, 0.29) is 19.1 Å². The van der Waals surface area contributed by atoms with Gasteiger partial charge in [-0.3, -0.25) is 9.59 Å². The van der Waals surface area contributed by atoms with Crippen molar-refractivity contribution in [1.29, 1.82) is 0 Å². The minimum absolute atomic E-state index is 0.116. The number of amides is 1. The molecule has 1 aliphatic heterocycles. The van der Waals surface area contributed by atoms with Crippen LogP contribution < -0.4 is 0 Å². The van der Waals surface area contributed by atoms with Gasteiger partial charge in [0.15, 0.2) is 6.10 Å². The summed E-state index contributed by atoms with van der Waals surface area (Å²) in [7, 11) is 1.26. The number of nitrogens with zero attached hydrogens (tertiary/aromatic N) is 1. The lowest BCUT2D eigenvalue weighted by molar-refractivity contribution is -0.163. The average molecular weight is 285 g/mol. The number of ether oxygens (including phenoxy) is 2. The largest absolute Gasteiger partial charge is 0.481 e. The Kier molecular flexibility index (Phi) is 3.73. The summed E-state index contributed by atoms with van der Waals surface area (Å²) in [5.41, 5.74) is -0.540. The highest BCUT2D eigenvalue weighted by Gasteiger charge is 2.66. The van der Waals surface area contributed by atoms with Crippen LogP contribution in [0.4, 0.5) is 0 Å².